The minimum atomic E-state index is 1.03. The first-order valence-electron chi connectivity index (χ1n) is 17.9. The highest BCUT2D eigenvalue weighted by Gasteiger charge is 2.30. The summed E-state index contributed by atoms with van der Waals surface area (Å²) in [6.45, 7) is 2.16. The maximum atomic E-state index is 2.48. The first kappa shape index (κ1) is 30.1. The van der Waals surface area contributed by atoms with Gasteiger partial charge in [-0.3, -0.25) is 0 Å². The highest BCUT2D eigenvalue weighted by atomic mass is 32.2. The largest absolute Gasteiger partial charge is 0.310 e. The van der Waals surface area contributed by atoms with Gasteiger partial charge in [0, 0.05) is 49.6 Å². The van der Waals surface area contributed by atoms with Crippen LogP contribution in [0.25, 0.3) is 0 Å². The highest BCUT2D eigenvalue weighted by Crippen LogP contribution is 2.55. The number of hydrogen-bond donors (Lipinski definition) is 0. The zero-order valence-electron chi connectivity index (χ0n) is 28.6. The Labute approximate surface area is 304 Å². The first-order chi connectivity index (χ1) is 25.2. The van der Waals surface area contributed by atoms with Gasteiger partial charge in [-0.1, -0.05) is 102 Å². The lowest BCUT2D eigenvalue weighted by molar-refractivity contribution is 0.977. The molecule has 7 aromatic rings. The molecule has 3 nitrogen and oxygen atoms in total. The Kier molecular flexibility index (Phi) is 7.24. The van der Waals surface area contributed by atoms with Crippen LogP contribution < -0.4 is 14.7 Å². The van der Waals surface area contributed by atoms with Crippen molar-refractivity contribution >= 4 is 62.9 Å². The number of benzene rings is 7. The van der Waals surface area contributed by atoms with Crippen molar-refractivity contribution in [2.45, 2.75) is 42.4 Å². The molecule has 0 spiro atoms. The van der Waals surface area contributed by atoms with Gasteiger partial charge in [0.15, 0.2) is 0 Å². The standard InChI is InChI=1S/C47H37N3S/c1-32-18-24-37(25-19-32)48-44-28-26-38(49-40-14-6-2-10-33(40)20-21-34-11-3-7-15-41(34)49)30-46(44)51-47-31-39(27-29-45(47)48)50-42-16-8-4-12-35(42)22-23-36-13-5-9-17-43(36)50/h2-19,24-31H,20-23H2,1H3. The van der Waals surface area contributed by atoms with Gasteiger partial charge in [-0.15, -0.1) is 0 Å². The van der Waals surface area contributed by atoms with Crippen LogP contribution in [0.3, 0.4) is 0 Å². The number of aryl methyl sites for hydroxylation is 5. The average Bonchev–Trinajstić information content (AvgIpc) is 3.45. The Bertz CT molecular complexity index is 2210. The quantitative estimate of drug-likeness (QED) is 0.184. The fourth-order valence-electron chi connectivity index (χ4n) is 8.15. The van der Waals surface area contributed by atoms with Crippen molar-refractivity contribution in [1.29, 1.82) is 0 Å². The van der Waals surface area contributed by atoms with Gasteiger partial charge in [0.1, 0.15) is 0 Å². The lowest BCUT2D eigenvalue weighted by Crippen LogP contribution is -2.17. The molecule has 7 aromatic carbocycles. The minimum Gasteiger partial charge on any atom is -0.310 e. The zero-order chi connectivity index (χ0) is 33.9. The fourth-order valence-corrected chi connectivity index (χ4v) is 9.28. The smallest absolute Gasteiger partial charge is 0.0603 e. The number of rotatable bonds is 3. The van der Waals surface area contributed by atoms with Crippen LogP contribution in [0.2, 0.25) is 0 Å². The average molecular weight is 676 g/mol. The molecular formula is C47H37N3S. The Morgan fingerprint density at radius 2 is 0.686 bits per heavy atom. The normalized spacial score (nSPS) is 14.3. The third-order valence-corrected chi connectivity index (χ3v) is 11.7. The zero-order valence-corrected chi connectivity index (χ0v) is 29.4. The van der Waals surface area contributed by atoms with Gasteiger partial charge < -0.3 is 14.7 Å². The fraction of sp³-hybridized carbons (Fsp3) is 0.106. The Morgan fingerprint density at radius 1 is 0.353 bits per heavy atom. The molecule has 10 rings (SSSR count). The summed E-state index contributed by atoms with van der Waals surface area (Å²) in [5.41, 5.74) is 17.8. The summed E-state index contributed by atoms with van der Waals surface area (Å²) in [4.78, 5) is 9.89. The molecule has 3 aliphatic rings. The summed E-state index contributed by atoms with van der Waals surface area (Å²) < 4.78 is 0. The van der Waals surface area contributed by atoms with Gasteiger partial charge in [-0.25, -0.2) is 0 Å². The maximum absolute atomic E-state index is 2.48. The van der Waals surface area contributed by atoms with Crippen LogP contribution in [0, 0.1) is 6.92 Å². The second kappa shape index (κ2) is 12.3. The van der Waals surface area contributed by atoms with Gasteiger partial charge >= 0.3 is 0 Å². The van der Waals surface area contributed by atoms with Crippen LogP contribution in [0.4, 0.5) is 51.2 Å². The third-order valence-electron chi connectivity index (χ3n) is 10.7. The molecule has 3 aliphatic heterocycles. The van der Waals surface area contributed by atoms with E-state index in [1.54, 1.807) is 0 Å². The second-order valence-corrected chi connectivity index (χ2v) is 14.8. The number of nitrogens with zero attached hydrogens (tertiary/aromatic N) is 3. The van der Waals surface area contributed by atoms with Crippen LogP contribution in [-0.4, -0.2) is 0 Å². The molecular weight excluding hydrogens is 639 g/mol. The number of fused-ring (bicyclic) bond motifs is 6. The van der Waals surface area contributed by atoms with E-state index in [2.05, 4.69) is 179 Å². The molecule has 0 aromatic heterocycles. The molecule has 0 aliphatic carbocycles. The lowest BCUT2D eigenvalue weighted by atomic mass is 10.0. The van der Waals surface area contributed by atoms with E-state index in [0.29, 0.717) is 0 Å². The Hall–Kier alpha value is -5.71. The number of hydrogen-bond acceptors (Lipinski definition) is 4. The second-order valence-electron chi connectivity index (χ2n) is 13.8. The van der Waals surface area contributed by atoms with Crippen LogP contribution in [-0.2, 0) is 25.7 Å². The van der Waals surface area contributed by atoms with Crippen molar-refractivity contribution in [3.63, 3.8) is 0 Å². The summed E-state index contributed by atoms with van der Waals surface area (Å²) in [7, 11) is 0. The molecule has 0 saturated carbocycles. The van der Waals surface area contributed by atoms with Crippen molar-refractivity contribution in [3.8, 4) is 0 Å². The minimum absolute atomic E-state index is 1.03. The van der Waals surface area contributed by atoms with Crippen molar-refractivity contribution in [2.75, 3.05) is 14.7 Å². The van der Waals surface area contributed by atoms with Crippen molar-refractivity contribution in [1.82, 2.24) is 0 Å². The number of anilines is 9. The summed E-state index contributed by atoms with van der Waals surface area (Å²) >= 11 is 1.88. The molecule has 0 fully saturated rings. The molecule has 0 atom stereocenters. The van der Waals surface area contributed by atoms with Crippen LogP contribution in [0.1, 0.15) is 27.8 Å². The van der Waals surface area contributed by atoms with Crippen molar-refractivity contribution < 1.29 is 0 Å². The van der Waals surface area contributed by atoms with E-state index in [1.807, 2.05) is 11.8 Å². The van der Waals surface area contributed by atoms with E-state index in [1.165, 1.54) is 88.8 Å². The monoisotopic (exact) mass is 675 g/mol. The van der Waals surface area contributed by atoms with E-state index in [9.17, 15) is 0 Å². The molecule has 0 amide bonds. The van der Waals surface area contributed by atoms with Gasteiger partial charge in [-0.05, 0) is 128 Å². The third kappa shape index (κ3) is 5.13. The van der Waals surface area contributed by atoms with E-state index in [0.717, 1.165) is 25.7 Å². The molecule has 0 saturated heterocycles. The molecule has 0 N–H and O–H groups in total. The van der Waals surface area contributed by atoms with Gasteiger partial charge in [0.05, 0.1) is 11.4 Å². The summed E-state index contributed by atoms with van der Waals surface area (Å²) in [6, 6.07) is 58.7. The van der Waals surface area contributed by atoms with Crippen LogP contribution in [0.15, 0.2) is 168 Å². The SMILES string of the molecule is Cc1ccc(N2c3ccc(N4c5ccccc5CCc5ccccc54)cc3Sc3cc(N4c5ccccc5CCc5ccccc54)ccc32)cc1. The highest BCUT2D eigenvalue weighted by molar-refractivity contribution is 7.99. The first-order valence-corrected chi connectivity index (χ1v) is 18.8. The number of para-hydroxylation sites is 4. The molecule has 0 radical (unpaired) electrons. The predicted octanol–water partition coefficient (Wildman–Crippen LogP) is 13.1. The van der Waals surface area contributed by atoms with Crippen molar-refractivity contribution in [2.24, 2.45) is 0 Å². The van der Waals surface area contributed by atoms with Crippen molar-refractivity contribution in [3.05, 3.63) is 186 Å². The summed E-state index contributed by atoms with van der Waals surface area (Å²) in [5, 5.41) is 0. The van der Waals surface area contributed by atoms with Gasteiger partial charge in [-0.2, -0.15) is 0 Å². The maximum Gasteiger partial charge on any atom is 0.0603 e. The van der Waals surface area contributed by atoms with E-state index >= 15 is 0 Å². The Morgan fingerprint density at radius 3 is 1.08 bits per heavy atom. The molecule has 0 unspecified atom stereocenters. The topological polar surface area (TPSA) is 9.72 Å². The van der Waals surface area contributed by atoms with E-state index in [-0.39, 0.29) is 0 Å². The lowest BCUT2D eigenvalue weighted by Gasteiger charge is -2.35. The van der Waals surface area contributed by atoms with Crippen LogP contribution >= 0.6 is 11.8 Å². The summed E-state index contributed by atoms with van der Waals surface area (Å²) in [5.74, 6) is 0. The molecule has 3 heterocycles. The molecule has 4 heteroatoms. The van der Waals surface area contributed by atoms with E-state index in [4.69, 9.17) is 0 Å². The molecule has 246 valence electrons. The van der Waals surface area contributed by atoms with Crippen LogP contribution in [0.5, 0.6) is 0 Å². The van der Waals surface area contributed by atoms with E-state index < -0.39 is 0 Å². The summed E-state index contributed by atoms with van der Waals surface area (Å²) in [6.07, 6.45) is 4.12. The van der Waals surface area contributed by atoms with Gasteiger partial charge in [0.25, 0.3) is 0 Å². The predicted molar refractivity (Wildman–Crippen MR) is 214 cm³/mol. The Balaban J connectivity index is 1.15. The molecule has 51 heavy (non-hydrogen) atoms. The van der Waals surface area contributed by atoms with Gasteiger partial charge in [0.2, 0.25) is 0 Å². The molecule has 0 bridgehead atoms.